The summed E-state index contributed by atoms with van der Waals surface area (Å²) in [6.07, 6.45) is -5.77. The Morgan fingerprint density at radius 2 is 1.80 bits per heavy atom. The maximum atomic E-state index is 12.8. The fraction of sp³-hybridized carbons (Fsp3) is 0.500. The van der Waals surface area contributed by atoms with Crippen LogP contribution in [-0.4, -0.2) is 23.2 Å². The summed E-state index contributed by atoms with van der Waals surface area (Å²) in [6.45, 7) is 3.18. The summed E-state index contributed by atoms with van der Waals surface area (Å²) in [5.74, 6) is 0. The molecule has 0 radical (unpaired) electrons. The predicted octanol–water partition coefficient (Wildman–Crippen LogP) is 3.90. The molecule has 1 unspecified atom stereocenters. The van der Waals surface area contributed by atoms with Gasteiger partial charge in [-0.05, 0) is 29.9 Å². The molecule has 1 aromatic carbocycles. The van der Waals surface area contributed by atoms with E-state index in [1.165, 1.54) is 0 Å². The molecule has 0 aliphatic carbocycles. The van der Waals surface area contributed by atoms with Crippen LogP contribution in [0.3, 0.4) is 0 Å². The summed E-state index contributed by atoms with van der Waals surface area (Å²) in [7, 11) is 0. The van der Waals surface area contributed by atoms with E-state index >= 15 is 0 Å². The number of alkyl halides is 3. The molecule has 0 aliphatic heterocycles. The Labute approximate surface area is 124 Å². The van der Waals surface area contributed by atoms with Gasteiger partial charge in [0.15, 0.2) is 6.29 Å². The van der Waals surface area contributed by atoms with Crippen LogP contribution in [-0.2, 0) is 11.2 Å². The van der Waals surface area contributed by atoms with Gasteiger partial charge in [-0.2, -0.15) is 13.2 Å². The second-order valence-corrected chi connectivity index (χ2v) is 6.50. The minimum absolute atomic E-state index is 0.306. The van der Waals surface area contributed by atoms with E-state index in [0.29, 0.717) is 6.42 Å². The Kier molecular flexibility index (Phi) is 5.03. The fourth-order valence-electron chi connectivity index (χ4n) is 2.16. The number of aliphatic hydroxyl groups is 1. The van der Waals surface area contributed by atoms with Crippen molar-refractivity contribution in [1.29, 1.82) is 0 Å². The van der Waals surface area contributed by atoms with Crippen LogP contribution in [0.2, 0.25) is 0 Å². The van der Waals surface area contributed by atoms with Gasteiger partial charge in [0.05, 0.1) is 0 Å². The molecule has 112 valence electrons. The highest BCUT2D eigenvalue weighted by Crippen LogP contribution is 2.40. The molecular weight excluding hydrogens is 337 g/mol. The molecule has 2 nitrogen and oxygen atoms in total. The minimum atomic E-state index is -4.97. The van der Waals surface area contributed by atoms with Crippen molar-refractivity contribution in [3.8, 4) is 0 Å². The molecule has 1 aromatic rings. The first kappa shape index (κ1) is 17.2. The lowest BCUT2D eigenvalue weighted by Gasteiger charge is -2.34. The first-order chi connectivity index (χ1) is 9.01. The number of benzene rings is 1. The highest BCUT2D eigenvalue weighted by atomic mass is 79.9. The monoisotopic (exact) mass is 352 g/mol. The quantitative estimate of drug-likeness (QED) is 0.816. The third kappa shape index (κ3) is 4.06. The number of carbonyl (C=O) groups excluding carboxylic acids is 1. The second-order valence-electron chi connectivity index (χ2n) is 5.65. The highest BCUT2D eigenvalue weighted by molar-refractivity contribution is 9.10. The van der Waals surface area contributed by atoms with Crippen molar-refractivity contribution in [1.82, 2.24) is 0 Å². The Hall–Kier alpha value is -0.880. The summed E-state index contributed by atoms with van der Waals surface area (Å²) in [5.41, 5.74) is -3.37. The molecule has 0 fully saturated rings. The maximum Gasteiger partial charge on any atom is 0.424 e. The first-order valence-electron chi connectivity index (χ1n) is 6.00. The molecule has 1 rings (SSSR count). The van der Waals surface area contributed by atoms with E-state index in [0.717, 1.165) is 10.0 Å². The van der Waals surface area contributed by atoms with Crippen LogP contribution in [0.25, 0.3) is 0 Å². The van der Waals surface area contributed by atoms with Gasteiger partial charge >= 0.3 is 6.18 Å². The average molecular weight is 353 g/mol. The molecule has 6 heteroatoms. The van der Waals surface area contributed by atoms with E-state index in [2.05, 4.69) is 15.9 Å². The standard InChI is InChI=1S/C14H16BrF3O2/c1-12(2,7-10-5-3-4-6-11(10)15)8-13(20,9-19)14(16,17)18/h3-6,9,20H,7-8H2,1-2H3. The molecule has 0 saturated heterocycles. The zero-order chi connectivity index (χ0) is 15.6. The molecule has 0 saturated carbocycles. The lowest BCUT2D eigenvalue weighted by atomic mass is 9.76. The van der Waals surface area contributed by atoms with Crippen molar-refractivity contribution in [3.63, 3.8) is 0 Å². The molecule has 0 aromatic heterocycles. The largest absolute Gasteiger partial charge is 0.424 e. The third-order valence-corrected chi connectivity index (χ3v) is 3.83. The second kappa shape index (κ2) is 5.85. The zero-order valence-corrected chi connectivity index (χ0v) is 12.8. The molecule has 0 heterocycles. The Balaban J connectivity index is 2.95. The number of hydrogen-bond acceptors (Lipinski definition) is 2. The van der Waals surface area contributed by atoms with Gasteiger partial charge in [-0.3, -0.25) is 4.79 Å². The van der Waals surface area contributed by atoms with Gasteiger partial charge in [0.1, 0.15) is 0 Å². The van der Waals surface area contributed by atoms with Gasteiger partial charge in [-0.15, -0.1) is 0 Å². The van der Waals surface area contributed by atoms with E-state index in [-0.39, 0.29) is 0 Å². The lowest BCUT2D eigenvalue weighted by Crippen LogP contribution is -2.50. The van der Waals surface area contributed by atoms with Crippen LogP contribution in [0.1, 0.15) is 25.8 Å². The van der Waals surface area contributed by atoms with Gasteiger partial charge in [-0.1, -0.05) is 48.0 Å². The maximum absolute atomic E-state index is 12.8. The summed E-state index contributed by atoms with van der Waals surface area (Å²) in [5, 5.41) is 9.53. The number of hydrogen-bond donors (Lipinski definition) is 1. The number of halogens is 4. The van der Waals surface area contributed by atoms with Crippen molar-refractivity contribution >= 4 is 22.2 Å². The number of aldehydes is 1. The van der Waals surface area contributed by atoms with E-state index in [4.69, 9.17) is 0 Å². The molecule has 0 aliphatic rings. The van der Waals surface area contributed by atoms with Crippen LogP contribution < -0.4 is 0 Å². The molecule has 1 N–H and O–H groups in total. The van der Waals surface area contributed by atoms with Gasteiger partial charge < -0.3 is 5.11 Å². The molecule has 0 bridgehead atoms. The summed E-state index contributed by atoms with van der Waals surface area (Å²) >= 11 is 3.33. The van der Waals surface area contributed by atoms with Crippen molar-refractivity contribution < 1.29 is 23.1 Å². The third-order valence-electron chi connectivity index (χ3n) is 3.06. The van der Waals surface area contributed by atoms with Crippen molar-refractivity contribution in [2.75, 3.05) is 0 Å². The van der Waals surface area contributed by atoms with Crippen LogP contribution in [0.5, 0.6) is 0 Å². The van der Waals surface area contributed by atoms with E-state index in [1.807, 2.05) is 0 Å². The molecule has 0 amide bonds. The topological polar surface area (TPSA) is 37.3 Å². The SMILES string of the molecule is CC(C)(Cc1ccccc1Br)CC(O)(C=O)C(F)(F)F. The van der Waals surface area contributed by atoms with E-state index < -0.39 is 29.9 Å². The summed E-state index contributed by atoms with van der Waals surface area (Å²) in [4.78, 5) is 10.7. The van der Waals surface area contributed by atoms with Crippen molar-refractivity contribution in [2.45, 2.75) is 38.5 Å². The Morgan fingerprint density at radius 3 is 2.25 bits per heavy atom. The lowest BCUT2D eigenvalue weighted by molar-refractivity contribution is -0.252. The van der Waals surface area contributed by atoms with Crippen LogP contribution in [0, 0.1) is 5.41 Å². The summed E-state index contributed by atoms with van der Waals surface area (Å²) in [6, 6.07) is 7.17. The first-order valence-corrected chi connectivity index (χ1v) is 6.79. The van der Waals surface area contributed by atoms with Crippen molar-refractivity contribution in [3.05, 3.63) is 34.3 Å². The van der Waals surface area contributed by atoms with E-state index in [1.54, 1.807) is 38.1 Å². The van der Waals surface area contributed by atoms with Gasteiger partial charge in [0.25, 0.3) is 0 Å². The van der Waals surface area contributed by atoms with Gasteiger partial charge in [0.2, 0.25) is 5.60 Å². The Bertz CT molecular complexity index is 486. The van der Waals surface area contributed by atoms with Gasteiger partial charge in [0, 0.05) is 4.47 Å². The zero-order valence-electron chi connectivity index (χ0n) is 11.2. The van der Waals surface area contributed by atoms with Crippen LogP contribution in [0.15, 0.2) is 28.7 Å². The van der Waals surface area contributed by atoms with Gasteiger partial charge in [-0.25, -0.2) is 0 Å². The van der Waals surface area contributed by atoms with Crippen LogP contribution in [0.4, 0.5) is 13.2 Å². The predicted molar refractivity (Wildman–Crippen MR) is 73.3 cm³/mol. The molecule has 0 spiro atoms. The fourth-order valence-corrected chi connectivity index (χ4v) is 2.58. The Morgan fingerprint density at radius 1 is 1.25 bits per heavy atom. The molecule has 20 heavy (non-hydrogen) atoms. The van der Waals surface area contributed by atoms with Crippen LogP contribution >= 0.6 is 15.9 Å². The normalized spacial score (nSPS) is 15.8. The molecule has 1 atom stereocenters. The smallest absolute Gasteiger partial charge is 0.374 e. The average Bonchev–Trinajstić information content (AvgIpc) is 2.29. The minimum Gasteiger partial charge on any atom is -0.374 e. The highest BCUT2D eigenvalue weighted by Gasteiger charge is 2.55. The number of rotatable bonds is 5. The number of carbonyl (C=O) groups is 1. The van der Waals surface area contributed by atoms with Crippen molar-refractivity contribution in [2.24, 2.45) is 5.41 Å². The summed E-state index contributed by atoms with van der Waals surface area (Å²) < 4.78 is 39.1. The van der Waals surface area contributed by atoms with E-state index in [9.17, 15) is 23.1 Å². The molecular formula is C14H16BrF3O2.